The molecular weight excluding hydrogens is 314 g/mol. The molecule has 2 N–H and O–H groups in total. The Bertz CT molecular complexity index is 555. The van der Waals surface area contributed by atoms with Crippen molar-refractivity contribution in [2.75, 3.05) is 20.1 Å². The number of amides is 2. The van der Waals surface area contributed by atoms with Crippen LogP contribution >= 0.6 is 11.6 Å². The van der Waals surface area contributed by atoms with Crippen LogP contribution in [0.4, 0.5) is 0 Å². The maximum absolute atomic E-state index is 12.1. The average Bonchev–Trinajstić information content (AvgIpc) is 2.42. The highest BCUT2D eigenvalue weighted by atomic mass is 35.5. The third kappa shape index (κ3) is 7.01. The molecule has 1 unspecified atom stereocenters. The number of hydrogen-bond donors (Lipinski definition) is 2. The van der Waals surface area contributed by atoms with Crippen LogP contribution in [0.3, 0.4) is 0 Å². The number of carbonyl (C=O) groups is 2. The van der Waals surface area contributed by atoms with Crippen molar-refractivity contribution in [3.8, 4) is 0 Å². The summed E-state index contributed by atoms with van der Waals surface area (Å²) in [4.78, 5) is 25.4. The Kier molecular flexibility index (Phi) is 7.03. The first-order valence-corrected chi connectivity index (χ1v) is 8.00. The van der Waals surface area contributed by atoms with Crippen molar-refractivity contribution in [1.29, 1.82) is 0 Å². The summed E-state index contributed by atoms with van der Waals surface area (Å²) >= 11 is 6.14. The zero-order valence-corrected chi connectivity index (χ0v) is 15.2. The fourth-order valence-corrected chi connectivity index (χ4v) is 2.37. The highest BCUT2D eigenvalue weighted by Crippen LogP contribution is 2.21. The summed E-state index contributed by atoms with van der Waals surface area (Å²) in [6, 6.07) is 7.46. The number of nitrogens with one attached hydrogen (secondary N) is 2. The molecule has 23 heavy (non-hydrogen) atoms. The predicted molar refractivity (Wildman–Crippen MR) is 93.4 cm³/mol. The third-order valence-electron chi connectivity index (χ3n) is 3.25. The summed E-state index contributed by atoms with van der Waals surface area (Å²) in [6.45, 7) is 7.84. The molecule has 0 aliphatic carbocycles. The van der Waals surface area contributed by atoms with Gasteiger partial charge < -0.3 is 15.5 Å². The lowest BCUT2D eigenvalue weighted by Crippen LogP contribution is -2.47. The second-order valence-electron chi connectivity index (χ2n) is 6.67. The van der Waals surface area contributed by atoms with E-state index in [2.05, 4.69) is 10.6 Å². The average molecular weight is 340 g/mol. The largest absolute Gasteiger partial charge is 0.350 e. The maximum atomic E-state index is 12.1. The SMILES string of the molecule is CC(NCC(=O)N(C)CC(=O)NC(C)(C)C)c1ccccc1Cl. The zero-order chi connectivity index (χ0) is 17.6. The van der Waals surface area contributed by atoms with E-state index in [-0.39, 0.29) is 36.5 Å². The van der Waals surface area contributed by atoms with Crippen LogP contribution in [0, 0.1) is 0 Å². The van der Waals surface area contributed by atoms with Crippen molar-refractivity contribution in [1.82, 2.24) is 15.5 Å². The van der Waals surface area contributed by atoms with Crippen LogP contribution in [0.25, 0.3) is 0 Å². The molecule has 0 radical (unpaired) electrons. The molecule has 1 atom stereocenters. The van der Waals surface area contributed by atoms with Gasteiger partial charge in [-0.1, -0.05) is 29.8 Å². The monoisotopic (exact) mass is 339 g/mol. The first-order valence-electron chi connectivity index (χ1n) is 7.63. The summed E-state index contributed by atoms with van der Waals surface area (Å²) in [5.41, 5.74) is 0.632. The first kappa shape index (κ1) is 19.5. The molecule has 5 nitrogen and oxygen atoms in total. The number of carbonyl (C=O) groups excluding carboxylic acids is 2. The summed E-state index contributed by atoms with van der Waals surface area (Å²) in [7, 11) is 1.62. The first-order chi connectivity index (χ1) is 10.6. The smallest absolute Gasteiger partial charge is 0.240 e. The second kappa shape index (κ2) is 8.31. The molecule has 1 rings (SSSR count). The van der Waals surface area contributed by atoms with Gasteiger partial charge in [-0.05, 0) is 39.3 Å². The van der Waals surface area contributed by atoms with E-state index in [1.807, 2.05) is 52.0 Å². The van der Waals surface area contributed by atoms with Crippen molar-refractivity contribution in [2.24, 2.45) is 0 Å². The van der Waals surface area contributed by atoms with Crippen LogP contribution in [0.1, 0.15) is 39.3 Å². The highest BCUT2D eigenvalue weighted by molar-refractivity contribution is 6.31. The Hall–Kier alpha value is -1.59. The normalized spacial score (nSPS) is 12.6. The van der Waals surface area contributed by atoms with Gasteiger partial charge in [0.25, 0.3) is 0 Å². The fraction of sp³-hybridized carbons (Fsp3) is 0.529. The lowest BCUT2D eigenvalue weighted by Gasteiger charge is -2.24. The molecule has 1 aromatic rings. The zero-order valence-electron chi connectivity index (χ0n) is 14.4. The summed E-state index contributed by atoms with van der Waals surface area (Å²) in [5.74, 6) is -0.319. The molecule has 0 spiro atoms. The summed E-state index contributed by atoms with van der Waals surface area (Å²) < 4.78 is 0. The summed E-state index contributed by atoms with van der Waals surface area (Å²) in [5, 5.41) is 6.63. The Morgan fingerprint density at radius 2 is 1.87 bits per heavy atom. The lowest BCUT2D eigenvalue weighted by atomic mass is 10.1. The van der Waals surface area contributed by atoms with Gasteiger partial charge in [0.05, 0.1) is 13.1 Å². The van der Waals surface area contributed by atoms with Crippen LogP contribution in [-0.4, -0.2) is 42.4 Å². The Morgan fingerprint density at radius 3 is 2.43 bits per heavy atom. The number of benzene rings is 1. The Balaban J connectivity index is 2.47. The standard InChI is InChI=1S/C17H26ClN3O2/c1-12(13-8-6-7-9-14(13)18)19-10-16(23)21(5)11-15(22)20-17(2,3)4/h6-9,12,19H,10-11H2,1-5H3,(H,20,22). The molecule has 0 bridgehead atoms. The number of likely N-dealkylation sites (N-methyl/N-ethyl adjacent to an activating group) is 1. The van der Waals surface area contributed by atoms with E-state index in [4.69, 9.17) is 11.6 Å². The van der Waals surface area contributed by atoms with Gasteiger partial charge in [-0.25, -0.2) is 0 Å². The molecular formula is C17H26ClN3O2. The van der Waals surface area contributed by atoms with E-state index in [0.717, 1.165) is 5.56 Å². The van der Waals surface area contributed by atoms with E-state index >= 15 is 0 Å². The van der Waals surface area contributed by atoms with Crippen LogP contribution in [0.2, 0.25) is 5.02 Å². The van der Waals surface area contributed by atoms with E-state index in [9.17, 15) is 9.59 Å². The Morgan fingerprint density at radius 1 is 1.26 bits per heavy atom. The number of nitrogens with zero attached hydrogens (tertiary/aromatic N) is 1. The number of hydrogen-bond acceptors (Lipinski definition) is 3. The van der Waals surface area contributed by atoms with Crippen LogP contribution in [-0.2, 0) is 9.59 Å². The second-order valence-corrected chi connectivity index (χ2v) is 7.08. The molecule has 0 saturated heterocycles. The Labute approximate surface area is 143 Å². The van der Waals surface area contributed by atoms with Gasteiger partial charge in [0.15, 0.2) is 0 Å². The molecule has 0 aliphatic heterocycles. The number of rotatable bonds is 6. The minimum absolute atomic E-state index is 0.0399. The van der Waals surface area contributed by atoms with Crippen molar-refractivity contribution < 1.29 is 9.59 Å². The maximum Gasteiger partial charge on any atom is 0.240 e. The molecule has 0 saturated carbocycles. The van der Waals surface area contributed by atoms with Gasteiger partial charge in [0.2, 0.25) is 11.8 Å². The van der Waals surface area contributed by atoms with Crippen molar-refractivity contribution in [3.63, 3.8) is 0 Å². The highest BCUT2D eigenvalue weighted by Gasteiger charge is 2.18. The molecule has 0 fully saturated rings. The van der Waals surface area contributed by atoms with Crippen LogP contribution < -0.4 is 10.6 Å². The fourth-order valence-electron chi connectivity index (χ4n) is 2.07. The third-order valence-corrected chi connectivity index (χ3v) is 3.60. The van der Waals surface area contributed by atoms with Gasteiger partial charge >= 0.3 is 0 Å². The number of halogens is 1. The summed E-state index contributed by atoms with van der Waals surface area (Å²) in [6.07, 6.45) is 0. The van der Waals surface area contributed by atoms with Crippen molar-refractivity contribution in [3.05, 3.63) is 34.9 Å². The minimum Gasteiger partial charge on any atom is -0.350 e. The van der Waals surface area contributed by atoms with E-state index in [1.54, 1.807) is 7.05 Å². The molecule has 6 heteroatoms. The van der Waals surface area contributed by atoms with E-state index < -0.39 is 0 Å². The van der Waals surface area contributed by atoms with Crippen LogP contribution in [0.5, 0.6) is 0 Å². The molecule has 0 heterocycles. The van der Waals surface area contributed by atoms with Gasteiger partial charge in [0.1, 0.15) is 0 Å². The lowest BCUT2D eigenvalue weighted by molar-refractivity contribution is -0.134. The van der Waals surface area contributed by atoms with Gasteiger partial charge in [0, 0.05) is 23.7 Å². The molecule has 1 aromatic carbocycles. The molecule has 0 aromatic heterocycles. The van der Waals surface area contributed by atoms with E-state index in [0.29, 0.717) is 5.02 Å². The van der Waals surface area contributed by atoms with Crippen molar-refractivity contribution in [2.45, 2.75) is 39.3 Å². The van der Waals surface area contributed by atoms with Gasteiger partial charge in [-0.3, -0.25) is 9.59 Å². The van der Waals surface area contributed by atoms with Gasteiger partial charge in [-0.2, -0.15) is 0 Å². The molecule has 128 valence electrons. The molecule has 2 amide bonds. The van der Waals surface area contributed by atoms with Gasteiger partial charge in [-0.15, -0.1) is 0 Å². The van der Waals surface area contributed by atoms with Crippen molar-refractivity contribution >= 4 is 23.4 Å². The molecule has 0 aliphatic rings. The van der Waals surface area contributed by atoms with E-state index in [1.165, 1.54) is 4.90 Å². The minimum atomic E-state index is -0.308. The predicted octanol–water partition coefficient (Wildman–Crippen LogP) is 2.36. The van der Waals surface area contributed by atoms with Crippen LogP contribution in [0.15, 0.2) is 24.3 Å². The quantitative estimate of drug-likeness (QED) is 0.836. The topological polar surface area (TPSA) is 61.4 Å².